The number of fused-ring (bicyclic) bond motifs is 3. The molecule has 0 spiro atoms. The molecule has 1 aliphatic carbocycles. The lowest BCUT2D eigenvalue weighted by molar-refractivity contribution is -0.131. The Morgan fingerprint density at radius 1 is 1.03 bits per heavy atom. The number of carbonyl (C=O) groups excluding carboxylic acids is 1. The van der Waals surface area contributed by atoms with Gasteiger partial charge in [0.1, 0.15) is 16.5 Å². The molecule has 170 valence electrons. The third kappa shape index (κ3) is 4.89. The van der Waals surface area contributed by atoms with Crippen molar-refractivity contribution < 1.29 is 4.79 Å². The highest BCUT2D eigenvalue weighted by Gasteiger charge is 2.27. The van der Waals surface area contributed by atoms with Crippen molar-refractivity contribution in [3.8, 4) is 0 Å². The van der Waals surface area contributed by atoms with Gasteiger partial charge in [0, 0.05) is 43.4 Å². The second kappa shape index (κ2) is 10.3. The maximum atomic E-state index is 12.6. The summed E-state index contributed by atoms with van der Waals surface area (Å²) in [5, 5.41) is 1.31. The van der Waals surface area contributed by atoms with Crippen LogP contribution < -0.4 is 4.90 Å². The molecule has 1 amide bonds. The van der Waals surface area contributed by atoms with Crippen molar-refractivity contribution in [2.45, 2.75) is 90.9 Å². The Balaban J connectivity index is 1.53. The van der Waals surface area contributed by atoms with Gasteiger partial charge in [0.15, 0.2) is 0 Å². The Bertz CT molecular complexity index is 901. The maximum absolute atomic E-state index is 12.6. The highest BCUT2D eigenvalue weighted by atomic mass is 32.1. The van der Waals surface area contributed by atoms with Gasteiger partial charge in [-0.1, -0.05) is 40.0 Å². The van der Waals surface area contributed by atoms with E-state index in [1.165, 1.54) is 59.2 Å². The van der Waals surface area contributed by atoms with Crippen LogP contribution in [0.25, 0.3) is 10.2 Å². The molecule has 0 saturated carbocycles. The fourth-order valence-electron chi connectivity index (χ4n) is 4.81. The van der Waals surface area contributed by atoms with Crippen molar-refractivity contribution in [2.75, 3.05) is 31.1 Å². The number of nitrogens with zero attached hydrogens (tertiary/aromatic N) is 4. The Morgan fingerprint density at radius 2 is 1.81 bits per heavy atom. The zero-order chi connectivity index (χ0) is 21.8. The molecule has 0 aromatic carbocycles. The minimum absolute atomic E-state index is 0.330. The number of anilines is 1. The summed E-state index contributed by atoms with van der Waals surface area (Å²) in [4.78, 5) is 30.0. The van der Waals surface area contributed by atoms with Gasteiger partial charge in [-0.2, -0.15) is 0 Å². The monoisotopic (exact) mass is 442 g/mol. The molecule has 2 aromatic heterocycles. The van der Waals surface area contributed by atoms with Crippen LogP contribution in [0.3, 0.4) is 0 Å². The Labute approximate surface area is 191 Å². The van der Waals surface area contributed by atoms with Gasteiger partial charge in [-0.3, -0.25) is 4.79 Å². The molecule has 0 bridgehead atoms. The Kier molecular flexibility index (Phi) is 7.47. The molecule has 4 rings (SSSR count). The van der Waals surface area contributed by atoms with E-state index >= 15 is 0 Å². The maximum Gasteiger partial charge on any atom is 0.222 e. The van der Waals surface area contributed by atoms with Gasteiger partial charge in [0.2, 0.25) is 5.91 Å². The predicted molar refractivity (Wildman–Crippen MR) is 130 cm³/mol. The topological polar surface area (TPSA) is 49.3 Å². The molecule has 2 aromatic rings. The second-order valence-electron chi connectivity index (χ2n) is 9.28. The summed E-state index contributed by atoms with van der Waals surface area (Å²) in [5.41, 5.74) is 1.51. The molecular formula is C25H38N4OS. The normalized spacial score (nSPS) is 17.8. The number of rotatable bonds is 8. The van der Waals surface area contributed by atoms with Crippen LogP contribution in [0, 0.1) is 0 Å². The van der Waals surface area contributed by atoms with E-state index in [0.717, 1.165) is 57.1 Å². The van der Waals surface area contributed by atoms with Gasteiger partial charge in [-0.15, -0.1) is 11.3 Å². The highest BCUT2D eigenvalue weighted by Crippen LogP contribution is 2.40. The second-order valence-corrected chi connectivity index (χ2v) is 10.4. The molecule has 2 aliphatic rings. The third-order valence-electron chi connectivity index (χ3n) is 7.04. The van der Waals surface area contributed by atoms with E-state index in [2.05, 4.69) is 30.6 Å². The van der Waals surface area contributed by atoms with E-state index in [4.69, 9.17) is 9.97 Å². The summed E-state index contributed by atoms with van der Waals surface area (Å²) in [5.74, 6) is 2.82. The summed E-state index contributed by atoms with van der Waals surface area (Å²) in [6.07, 6.45) is 11.3. The molecule has 6 heteroatoms. The fourth-order valence-corrected chi connectivity index (χ4v) is 6.08. The SMILES string of the molecule is CCCCCCC(=O)N1CCN(c2nc([C@H](C)CC)nc3sc4c(c23)CCCC4)CC1. The van der Waals surface area contributed by atoms with Crippen molar-refractivity contribution in [2.24, 2.45) is 0 Å². The number of hydrogen-bond donors (Lipinski definition) is 0. The molecule has 0 unspecified atom stereocenters. The number of hydrogen-bond acceptors (Lipinski definition) is 5. The lowest BCUT2D eigenvalue weighted by atomic mass is 9.96. The number of amides is 1. The van der Waals surface area contributed by atoms with Crippen LogP contribution >= 0.6 is 11.3 Å². The zero-order valence-corrected chi connectivity index (χ0v) is 20.4. The summed E-state index contributed by atoms with van der Waals surface area (Å²) in [6, 6.07) is 0. The average molecular weight is 443 g/mol. The van der Waals surface area contributed by atoms with E-state index < -0.39 is 0 Å². The van der Waals surface area contributed by atoms with Gasteiger partial charge in [-0.25, -0.2) is 9.97 Å². The quantitative estimate of drug-likeness (QED) is 0.492. The van der Waals surface area contributed by atoms with Crippen LogP contribution in [-0.2, 0) is 17.6 Å². The molecule has 1 aliphatic heterocycles. The van der Waals surface area contributed by atoms with Crippen LogP contribution in [-0.4, -0.2) is 47.0 Å². The molecule has 0 N–H and O–H groups in total. The van der Waals surface area contributed by atoms with Crippen LogP contribution in [0.2, 0.25) is 0 Å². The van der Waals surface area contributed by atoms with Crippen LogP contribution in [0.5, 0.6) is 0 Å². The number of piperazine rings is 1. The van der Waals surface area contributed by atoms with Crippen molar-refractivity contribution >= 4 is 33.3 Å². The number of aryl methyl sites for hydroxylation is 2. The van der Waals surface area contributed by atoms with Crippen molar-refractivity contribution in [1.29, 1.82) is 0 Å². The molecule has 31 heavy (non-hydrogen) atoms. The Hall–Kier alpha value is -1.69. The van der Waals surface area contributed by atoms with Crippen LogP contribution in [0.1, 0.15) is 94.3 Å². The van der Waals surface area contributed by atoms with E-state index in [0.29, 0.717) is 18.2 Å². The first-order valence-electron chi connectivity index (χ1n) is 12.5. The van der Waals surface area contributed by atoms with Crippen LogP contribution in [0.4, 0.5) is 5.82 Å². The van der Waals surface area contributed by atoms with Gasteiger partial charge >= 0.3 is 0 Å². The largest absolute Gasteiger partial charge is 0.352 e. The first kappa shape index (κ1) is 22.5. The lowest BCUT2D eigenvalue weighted by Crippen LogP contribution is -2.49. The number of unbranched alkanes of at least 4 members (excludes halogenated alkanes) is 3. The molecular weight excluding hydrogens is 404 g/mol. The predicted octanol–water partition coefficient (Wildman–Crippen LogP) is 5.70. The molecule has 1 saturated heterocycles. The van der Waals surface area contributed by atoms with Crippen LogP contribution in [0.15, 0.2) is 0 Å². The summed E-state index contributed by atoms with van der Waals surface area (Å²) >= 11 is 1.90. The third-order valence-corrected chi connectivity index (χ3v) is 8.23. The van der Waals surface area contributed by atoms with E-state index in [-0.39, 0.29) is 0 Å². The minimum atomic E-state index is 0.330. The summed E-state index contributed by atoms with van der Waals surface area (Å²) < 4.78 is 0. The molecule has 0 radical (unpaired) electrons. The van der Waals surface area contributed by atoms with E-state index in [1.807, 2.05) is 11.3 Å². The smallest absolute Gasteiger partial charge is 0.222 e. The first-order chi connectivity index (χ1) is 15.1. The highest BCUT2D eigenvalue weighted by molar-refractivity contribution is 7.19. The number of carbonyl (C=O) groups is 1. The molecule has 1 atom stereocenters. The number of thiophene rings is 1. The van der Waals surface area contributed by atoms with Gasteiger partial charge in [0.05, 0.1) is 5.39 Å². The lowest BCUT2D eigenvalue weighted by Gasteiger charge is -2.36. The molecule has 1 fully saturated rings. The Morgan fingerprint density at radius 3 is 2.55 bits per heavy atom. The van der Waals surface area contributed by atoms with Gasteiger partial charge < -0.3 is 9.80 Å². The average Bonchev–Trinajstić information content (AvgIpc) is 3.19. The fraction of sp³-hybridized carbons (Fsp3) is 0.720. The minimum Gasteiger partial charge on any atom is -0.352 e. The zero-order valence-electron chi connectivity index (χ0n) is 19.6. The summed E-state index contributed by atoms with van der Waals surface area (Å²) in [7, 11) is 0. The van der Waals surface area contributed by atoms with Gasteiger partial charge in [0.25, 0.3) is 0 Å². The standard InChI is InChI=1S/C25H38N4OS/c1-4-6-7-8-13-21(30)28-14-16-29(17-15-28)24-22-19-11-9-10-12-20(19)31-25(22)27-23(26-24)18(3)5-2/h18H,4-17H2,1-3H3/t18-/m1/s1. The summed E-state index contributed by atoms with van der Waals surface area (Å²) in [6.45, 7) is 10.0. The van der Waals surface area contributed by atoms with Crippen molar-refractivity contribution in [3.63, 3.8) is 0 Å². The first-order valence-corrected chi connectivity index (χ1v) is 13.3. The van der Waals surface area contributed by atoms with E-state index in [9.17, 15) is 4.79 Å². The molecule has 3 heterocycles. The molecule has 5 nitrogen and oxygen atoms in total. The van der Waals surface area contributed by atoms with Crippen molar-refractivity contribution in [3.05, 3.63) is 16.3 Å². The van der Waals surface area contributed by atoms with Gasteiger partial charge in [-0.05, 0) is 44.1 Å². The van der Waals surface area contributed by atoms with E-state index in [1.54, 1.807) is 0 Å². The number of aromatic nitrogens is 2. The van der Waals surface area contributed by atoms with Crippen molar-refractivity contribution in [1.82, 2.24) is 14.9 Å².